The van der Waals surface area contributed by atoms with Crippen molar-refractivity contribution in [3.05, 3.63) is 0 Å². The van der Waals surface area contributed by atoms with E-state index < -0.39 is 5.92 Å². The lowest BCUT2D eigenvalue weighted by Gasteiger charge is -2.46. The number of hydrogen-bond acceptors (Lipinski definition) is 1. The smallest absolute Gasteiger partial charge is 0.248 e. The van der Waals surface area contributed by atoms with Crippen LogP contribution in [0.4, 0.5) is 8.78 Å². The number of alkyl halides is 2. The third kappa shape index (κ3) is 2.19. The fourth-order valence-electron chi connectivity index (χ4n) is 2.54. The Bertz CT molecular complexity index is 174. The number of nitrogens with zero attached hydrogens (tertiary/aromatic N) is 1. The fourth-order valence-corrected chi connectivity index (χ4v) is 2.54. The van der Waals surface area contributed by atoms with Crippen molar-refractivity contribution >= 4 is 0 Å². The summed E-state index contributed by atoms with van der Waals surface area (Å²) in [6.45, 7) is 5.76. The molecule has 0 atom stereocenters. The third-order valence-electron chi connectivity index (χ3n) is 2.87. The first-order valence-corrected chi connectivity index (χ1v) is 5.08. The molecule has 0 aromatic carbocycles. The molecule has 0 aromatic rings. The van der Waals surface area contributed by atoms with E-state index in [1.807, 2.05) is 20.9 Å². The average molecular weight is 191 g/mol. The quantitative estimate of drug-likeness (QED) is 0.569. The van der Waals surface area contributed by atoms with E-state index in [1.54, 1.807) is 0 Å². The van der Waals surface area contributed by atoms with E-state index in [0.29, 0.717) is 0 Å². The molecule has 0 unspecified atom stereocenters. The molecule has 1 nitrogen and oxygen atoms in total. The molecule has 1 saturated heterocycles. The van der Waals surface area contributed by atoms with Gasteiger partial charge in [0, 0.05) is 31.3 Å². The highest BCUT2D eigenvalue weighted by atomic mass is 19.3. The monoisotopic (exact) mass is 191 g/mol. The summed E-state index contributed by atoms with van der Waals surface area (Å²) in [5, 5.41) is 0. The molecule has 0 radical (unpaired) electrons. The van der Waals surface area contributed by atoms with E-state index in [4.69, 9.17) is 0 Å². The molecule has 2 aliphatic rings. The van der Waals surface area contributed by atoms with Gasteiger partial charge in [0.2, 0.25) is 5.92 Å². The number of hydrogen-bond donors (Lipinski definition) is 0. The molecule has 1 aliphatic heterocycles. The van der Waals surface area contributed by atoms with Gasteiger partial charge in [-0.3, -0.25) is 0 Å². The van der Waals surface area contributed by atoms with E-state index in [2.05, 4.69) is 4.90 Å². The lowest BCUT2D eigenvalue weighted by atomic mass is 9.78. The molecule has 2 rings (SSSR count). The molecule has 2 fully saturated rings. The molecule has 13 heavy (non-hydrogen) atoms. The highest BCUT2D eigenvalue weighted by Crippen LogP contribution is 2.51. The minimum Gasteiger partial charge on any atom is -0.305 e. The van der Waals surface area contributed by atoms with E-state index in [9.17, 15) is 8.78 Å². The topological polar surface area (TPSA) is 3.24 Å². The first kappa shape index (κ1) is 10.9. The van der Waals surface area contributed by atoms with Crippen LogP contribution >= 0.6 is 0 Å². The highest BCUT2D eigenvalue weighted by molar-refractivity contribution is 5.01. The van der Waals surface area contributed by atoms with Crippen LogP contribution in [0.3, 0.4) is 0 Å². The SMILES string of the molecule is CC.CN1CC2(CCC(F)(F)C2)C1. The van der Waals surface area contributed by atoms with Gasteiger partial charge in [-0.2, -0.15) is 0 Å². The average Bonchev–Trinajstić information content (AvgIpc) is 2.30. The van der Waals surface area contributed by atoms with E-state index in [1.165, 1.54) is 0 Å². The Labute approximate surface area is 79.1 Å². The number of halogens is 2. The Morgan fingerprint density at radius 1 is 1.08 bits per heavy atom. The van der Waals surface area contributed by atoms with Crippen molar-refractivity contribution < 1.29 is 8.78 Å². The lowest BCUT2D eigenvalue weighted by Crippen LogP contribution is -2.53. The summed E-state index contributed by atoms with van der Waals surface area (Å²) in [7, 11) is 1.99. The van der Waals surface area contributed by atoms with Crippen LogP contribution in [0.25, 0.3) is 0 Å². The van der Waals surface area contributed by atoms with Gasteiger partial charge < -0.3 is 4.90 Å². The first-order valence-electron chi connectivity index (χ1n) is 5.08. The van der Waals surface area contributed by atoms with Crippen LogP contribution in [0.1, 0.15) is 33.1 Å². The van der Waals surface area contributed by atoms with Gasteiger partial charge in [0.15, 0.2) is 0 Å². The van der Waals surface area contributed by atoms with Gasteiger partial charge in [0.05, 0.1) is 0 Å². The maximum atomic E-state index is 12.8. The molecule has 0 N–H and O–H groups in total. The fraction of sp³-hybridized carbons (Fsp3) is 1.00. The second-order valence-electron chi connectivity index (χ2n) is 4.21. The predicted molar refractivity (Wildman–Crippen MR) is 50.1 cm³/mol. The molecule has 1 saturated carbocycles. The van der Waals surface area contributed by atoms with Crippen LogP contribution < -0.4 is 0 Å². The third-order valence-corrected chi connectivity index (χ3v) is 2.87. The van der Waals surface area contributed by atoms with Crippen LogP contribution in [0.5, 0.6) is 0 Å². The van der Waals surface area contributed by atoms with Crippen molar-refractivity contribution in [3.8, 4) is 0 Å². The molecule has 0 bridgehead atoms. The van der Waals surface area contributed by atoms with Crippen LogP contribution in [-0.4, -0.2) is 31.0 Å². The minimum atomic E-state index is -2.36. The molecular formula is C10H19F2N. The number of rotatable bonds is 0. The second kappa shape index (κ2) is 3.52. The van der Waals surface area contributed by atoms with Crippen LogP contribution in [0.15, 0.2) is 0 Å². The van der Waals surface area contributed by atoms with Gasteiger partial charge in [0.1, 0.15) is 0 Å². The van der Waals surface area contributed by atoms with Crippen LogP contribution in [-0.2, 0) is 0 Å². The summed E-state index contributed by atoms with van der Waals surface area (Å²) in [6, 6.07) is 0. The molecule has 1 aliphatic carbocycles. The highest BCUT2D eigenvalue weighted by Gasteiger charge is 2.54. The molecular weight excluding hydrogens is 172 g/mol. The molecule has 0 aromatic heterocycles. The zero-order chi connectivity index (χ0) is 10.1. The largest absolute Gasteiger partial charge is 0.305 e. The molecule has 1 heterocycles. The Morgan fingerprint density at radius 2 is 1.62 bits per heavy atom. The van der Waals surface area contributed by atoms with Crippen LogP contribution in [0, 0.1) is 5.41 Å². The van der Waals surface area contributed by atoms with E-state index in [-0.39, 0.29) is 18.3 Å². The summed E-state index contributed by atoms with van der Waals surface area (Å²) in [5.41, 5.74) is -0.00174. The first-order chi connectivity index (χ1) is 6.02. The predicted octanol–water partition coefficient (Wildman–Crippen LogP) is 2.76. The molecule has 3 heteroatoms. The van der Waals surface area contributed by atoms with Gasteiger partial charge in [-0.1, -0.05) is 13.8 Å². The van der Waals surface area contributed by atoms with Crippen molar-refractivity contribution in [3.63, 3.8) is 0 Å². The van der Waals surface area contributed by atoms with Gasteiger partial charge in [-0.25, -0.2) is 8.78 Å². The molecule has 1 spiro atoms. The summed E-state index contributed by atoms with van der Waals surface area (Å²) in [5.74, 6) is -2.36. The second-order valence-corrected chi connectivity index (χ2v) is 4.21. The number of likely N-dealkylation sites (tertiary alicyclic amines) is 1. The maximum absolute atomic E-state index is 12.8. The maximum Gasteiger partial charge on any atom is 0.248 e. The Kier molecular flexibility index (Phi) is 2.95. The Balaban J connectivity index is 0.000000396. The van der Waals surface area contributed by atoms with Gasteiger partial charge >= 0.3 is 0 Å². The van der Waals surface area contributed by atoms with Crippen molar-refractivity contribution in [1.29, 1.82) is 0 Å². The Hall–Kier alpha value is -0.180. The standard InChI is InChI=1S/C8H13F2N.C2H6/c1-11-5-7(6-11)2-3-8(9,10)4-7;1-2/h2-6H2,1H3;1-2H3. The summed E-state index contributed by atoms with van der Waals surface area (Å²) in [6.07, 6.45) is 0.968. The Morgan fingerprint density at radius 3 is 1.92 bits per heavy atom. The molecule has 0 amide bonds. The zero-order valence-electron chi connectivity index (χ0n) is 8.74. The van der Waals surface area contributed by atoms with Gasteiger partial charge in [-0.05, 0) is 13.5 Å². The molecule has 78 valence electrons. The van der Waals surface area contributed by atoms with Crippen molar-refractivity contribution in [1.82, 2.24) is 4.90 Å². The van der Waals surface area contributed by atoms with E-state index >= 15 is 0 Å². The van der Waals surface area contributed by atoms with Crippen molar-refractivity contribution in [2.24, 2.45) is 5.41 Å². The zero-order valence-corrected chi connectivity index (χ0v) is 8.74. The normalized spacial score (nSPS) is 29.3. The lowest BCUT2D eigenvalue weighted by molar-refractivity contribution is -0.0380. The van der Waals surface area contributed by atoms with Gasteiger partial charge in [0.25, 0.3) is 0 Å². The summed E-state index contributed by atoms with van der Waals surface area (Å²) < 4.78 is 25.5. The van der Waals surface area contributed by atoms with Gasteiger partial charge in [-0.15, -0.1) is 0 Å². The van der Waals surface area contributed by atoms with Crippen LogP contribution in [0.2, 0.25) is 0 Å². The van der Waals surface area contributed by atoms with Crippen molar-refractivity contribution in [2.75, 3.05) is 20.1 Å². The minimum absolute atomic E-state index is 0.00174. The summed E-state index contributed by atoms with van der Waals surface area (Å²) in [4.78, 5) is 2.11. The van der Waals surface area contributed by atoms with E-state index in [0.717, 1.165) is 19.5 Å². The summed E-state index contributed by atoms with van der Waals surface area (Å²) >= 11 is 0. The van der Waals surface area contributed by atoms with Crippen molar-refractivity contribution in [2.45, 2.75) is 39.0 Å².